The molecule has 1 aromatic heterocycles. The van der Waals surface area contributed by atoms with Crippen molar-refractivity contribution in [1.82, 2.24) is 15.3 Å². The number of nitrogens with two attached hydrogens (primary N) is 1. The Kier molecular flexibility index (Phi) is 5.85. The summed E-state index contributed by atoms with van der Waals surface area (Å²) >= 11 is 0. The first-order valence-electron chi connectivity index (χ1n) is 7.39. The Hall–Kier alpha value is -3.20. The van der Waals surface area contributed by atoms with Crippen molar-refractivity contribution < 1.29 is 24.5 Å². The van der Waals surface area contributed by atoms with E-state index in [-0.39, 0.29) is 24.0 Å². The summed E-state index contributed by atoms with van der Waals surface area (Å²) in [6.07, 6.45) is -0.143. The molecule has 0 unspecified atom stereocenters. The Balaban J connectivity index is 2.05. The summed E-state index contributed by atoms with van der Waals surface area (Å²) in [6.45, 7) is 1.48. The van der Waals surface area contributed by atoms with Crippen molar-refractivity contribution in [3.8, 4) is 6.01 Å². The summed E-state index contributed by atoms with van der Waals surface area (Å²) in [6, 6.07) is 7.86. The van der Waals surface area contributed by atoms with Crippen LogP contribution in [-0.4, -0.2) is 44.2 Å². The SMILES string of the molecule is C[C@@H](O)[C@@H](NC(=O)c1cnc(OCc2ccccc2)nc1N)C(=O)O. The van der Waals surface area contributed by atoms with Gasteiger partial charge in [-0.2, -0.15) is 4.98 Å². The number of anilines is 1. The van der Waals surface area contributed by atoms with Crippen LogP contribution in [0.25, 0.3) is 0 Å². The summed E-state index contributed by atoms with van der Waals surface area (Å²) in [4.78, 5) is 30.9. The standard InChI is InChI=1S/C16H18N4O5/c1-9(21)12(15(23)24)19-14(22)11-7-18-16(20-13(11)17)25-8-10-5-3-2-4-6-10/h2-7,9,12,21H,8H2,1H3,(H,19,22)(H,23,24)(H2,17,18,20)/t9-,12-/m1/s1. The van der Waals surface area contributed by atoms with Crippen molar-refractivity contribution in [2.45, 2.75) is 25.7 Å². The highest BCUT2D eigenvalue weighted by Gasteiger charge is 2.26. The van der Waals surface area contributed by atoms with Crippen LogP contribution in [-0.2, 0) is 11.4 Å². The number of ether oxygens (including phenoxy) is 1. The zero-order valence-corrected chi connectivity index (χ0v) is 13.4. The lowest BCUT2D eigenvalue weighted by Gasteiger charge is -2.17. The van der Waals surface area contributed by atoms with Crippen LogP contribution in [0.5, 0.6) is 6.01 Å². The first kappa shape index (κ1) is 18.1. The molecule has 0 aliphatic rings. The molecule has 1 amide bonds. The molecule has 1 heterocycles. The van der Waals surface area contributed by atoms with Gasteiger partial charge in [0, 0.05) is 6.20 Å². The lowest BCUT2D eigenvalue weighted by Crippen LogP contribution is -2.47. The van der Waals surface area contributed by atoms with E-state index in [4.69, 9.17) is 15.6 Å². The van der Waals surface area contributed by atoms with Gasteiger partial charge in [0.25, 0.3) is 5.91 Å². The number of rotatable bonds is 7. The lowest BCUT2D eigenvalue weighted by molar-refractivity contribution is -0.141. The van der Waals surface area contributed by atoms with Gasteiger partial charge in [0.05, 0.1) is 6.10 Å². The van der Waals surface area contributed by atoms with E-state index in [1.165, 1.54) is 6.92 Å². The minimum Gasteiger partial charge on any atom is -0.480 e. The average Bonchev–Trinajstić information content (AvgIpc) is 2.58. The lowest BCUT2D eigenvalue weighted by atomic mass is 10.1. The third-order valence-corrected chi connectivity index (χ3v) is 3.29. The van der Waals surface area contributed by atoms with Crippen molar-refractivity contribution in [2.24, 2.45) is 0 Å². The van der Waals surface area contributed by atoms with Crippen LogP contribution in [0.2, 0.25) is 0 Å². The zero-order chi connectivity index (χ0) is 18.4. The molecular formula is C16H18N4O5. The number of nitrogen functional groups attached to an aromatic ring is 1. The number of benzene rings is 1. The summed E-state index contributed by atoms with van der Waals surface area (Å²) in [5.41, 5.74) is 6.52. The van der Waals surface area contributed by atoms with Crippen molar-refractivity contribution in [1.29, 1.82) is 0 Å². The summed E-state index contributed by atoms with van der Waals surface area (Å²) in [5, 5.41) is 20.5. The number of amides is 1. The normalized spacial score (nSPS) is 12.9. The quantitative estimate of drug-likeness (QED) is 0.556. The summed E-state index contributed by atoms with van der Waals surface area (Å²) in [7, 11) is 0. The van der Waals surface area contributed by atoms with Crippen molar-refractivity contribution in [2.75, 3.05) is 5.73 Å². The number of nitrogens with one attached hydrogen (secondary N) is 1. The van der Waals surface area contributed by atoms with E-state index in [1.54, 1.807) is 0 Å². The average molecular weight is 346 g/mol. The number of carboxylic acid groups (broad SMARTS) is 1. The molecule has 1 aromatic carbocycles. The van der Waals surface area contributed by atoms with Crippen molar-refractivity contribution in [3.63, 3.8) is 0 Å². The molecule has 0 aliphatic carbocycles. The Morgan fingerprint density at radius 2 is 2.00 bits per heavy atom. The van der Waals surface area contributed by atoms with Gasteiger partial charge in [-0.05, 0) is 12.5 Å². The van der Waals surface area contributed by atoms with Crippen LogP contribution in [0.15, 0.2) is 36.5 Å². The minimum atomic E-state index is -1.47. The van der Waals surface area contributed by atoms with Crippen molar-refractivity contribution in [3.05, 3.63) is 47.7 Å². The maximum absolute atomic E-state index is 12.1. The highest BCUT2D eigenvalue weighted by molar-refractivity contribution is 5.99. The molecule has 5 N–H and O–H groups in total. The number of carbonyl (C=O) groups is 2. The fraction of sp³-hybridized carbons (Fsp3) is 0.250. The Morgan fingerprint density at radius 3 is 2.56 bits per heavy atom. The van der Waals surface area contributed by atoms with Gasteiger partial charge in [0.1, 0.15) is 18.0 Å². The highest BCUT2D eigenvalue weighted by Crippen LogP contribution is 2.13. The number of aliphatic carboxylic acids is 1. The van der Waals surface area contributed by atoms with E-state index in [9.17, 15) is 14.7 Å². The van der Waals surface area contributed by atoms with Gasteiger partial charge in [-0.1, -0.05) is 30.3 Å². The van der Waals surface area contributed by atoms with Gasteiger partial charge in [-0.15, -0.1) is 0 Å². The molecule has 0 spiro atoms. The monoisotopic (exact) mass is 346 g/mol. The fourth-order valence-electron chi connectivity index (χ4n) is 1.95. The smallest absolute Gasteiger partial charge is 0.328 e. The molecule has 25 heavy (non-hydrogen) atoms. The second-order valence-electron chi connectivity index (χ2n) is 5.26. The van der Waals surface area contributed by atoms with Gasteiger partial charge in [0.15, 0.2) is 6.04 Å². The molecule has 0 saturated heterocycles. The van der Waals surface area contributed by atoms with E-state index >= 15 is 0 Å². The van der Waals surface area contributed by atoms with Gasteiger partial charge >= 0.3 is 12.0 Å². The van der Waals surface area contributed by atoms with Gasteiger partial charge < -0.3 is 26.0 Å². The second-order valence-corrected chi connectivity index (χ2v) is 5.26. The van der Waals surface area contributed by atoms with Crippen LogP contribution in [0.3, 0.4) is 0 Å². The van der Waals surface area contributed by atoms with Gasteiger partial charge in [-0.3, -0.25) is 4.79 Å². The molecule has 0 radical (unpaired) electrons. The van der Waals surface area contributed by atoms with E-state index < -0.39 is 24.0 Å². The molecule has 0 saturated carbocycles. The third-order valence-electron chi connectivity index (χ3n) is 3.29. The molecule has 9 heteroatoms. The van der Waals surface area contributed by atoms with Gasteiger partial charge in [0.2, 0.25) is 0 Å². The zero-order valence-electron chi connectivity index (χ0n) is 13.4. The first-order chi connectivity index (χ1) is 11.9. The van der Waals surface area contributed by atoms with Crippen LogP contribution >= 0.6 is 0 Å². The predicted octanol–water partition coefficient (Wildman–Crippen LogP) is 0.202. The number of carboxylic acids is 1. The highest BCUT2D eigenvalue weighted by atomic mass is 16.5. The maximum Gasteiger partial charge on any atom is 0.328 e. The number of aromatic nitrogens is 2. The number of aliphatic hydroxyl groups is 1. The maximum atomic E-state index is 12.1. The first-order valence-corrected chi connectivity index (χ1v) is 7.39. The number of nitrogens with zero attached hydrogens (tertiary/aromatic N) is 2. The van der Waals surface area contributed by atoms with E-state index in [1.807, 2.05) is 30.3 Å². The molecule has 9 nitrogen and oxygen atoms in total. The van der Waals surface area contributed by atoms with Crippen molar-refractivity contribution >= 4 is 17.7 Å². The molecule has 2 rings (SSSR count). The van der Waals surface area contributed by atoms with E-state index in [0.717, 1.165) is 11.8 Å². The largest absolute Gasteiger partial charge is 0.480 e. The molecule has 2 atom stereocenters. The van der Waals surface area contributed by atoms with E-state index in [0.29, 0.717) is 0 Å². The molecule has 0 bridgehead atoms. The van der Waals surface area contributed by atoms with Crippen LogP contribution < -0.4 is 15.8 Å². The Morgan fingerprint density at radius 1 is 1.32 bits per heavy atom. The van der Waals surface area contributed by atoms with Crippen LogP contribution in [0.1, 0.15) is 22.8 Å². The number of hydrogen-bond donors (Lipinski definition) is 4. The number of aliphatic hydroxyl groups excluding tert-OH is 1. The molecule has 132 valence electrons. The Bertz CT molecular complexity index is 751. The minimum absolute atomic E-state index is 0.0109. The van der Waals surface area contributed by atoms with Crippen LogP contribution in [0.4, 0.5) is 5.82 Å². The fourth-order valence-corrected chi connectivity index (χ4v) is 1.95. The third kappa shape index (κ3) is 4.88. The molecular weight excluding hydrogens is 328 g/mol. The Labute approximate surface area is 143 Å². The topological polar surface area (TPSA) is 148 Å². The van der Waals surface area contributed by atoms with Crippen LogP contribution in [0, 0.1) is 0 Å². The van der Waals surface area contributed by atoms with E-state index in [2.05, 4.69) is 15.3 Å². The van der Waals surface area contributed by atoms with Gasteiger partial charge in [-0.25, -0.2) is 9.78 Å². The number of hydrogen-bond acceptors (Lipinski definition) is 7. The molecule has 0 fully saturated rings. The molecule has 2 aromatic rings. The summed E-state index contributed by atoms with van der Waals surface area (Å²) < 4.78 is 5.40. The second kappa shape index (κ2) is 8.06. The summed E-state index contributed by atoms with van der Waals surface area (Å²) in [5.74, 6) is -2.34. The predicted molar refractivity (Wildman–Crippen MR) is 87.8 cm³/mol. The molecule has 0 aliphatic heterocycles. The number of carbonyl (C=O) groups excluding carboxylic acids is 1.